The first-order valence-corrected chi connectivity index (χ1v) is 15.0. The van der Waals surface area contributed by atoms with Crippen molar-refractivity contribution in [3.05, 3.63) is 145 Å². The first kappa shape index (κ1) is 24.2. The number of para-hydroxylation sites is 2. The summed E-state index contributed by atoms with van der Waals surface area (Å²) in [6.07, 6.45) is 0.878. The highest BCUT2D eigenvalue weighted by Crippen LogP contribution is 2.49. The van der Waals surface area contributed by atoms with Crippen molar-refractivity contribution < 1.29 is 0 Å². The van der Waals surface area contributed by atoms with Crippen LogP contribution < -0.4 is 0 Å². The van der Waals surface area contributed by atoms with E-state index in [0.29, 0.717) is 0 Å². The number of imidazole rings is 1. The molecule has 1 aliphatic rings. The van der Waals surface area contributed by atoms with E-state index < -0.39 is 0 Å². The van der Waals surface area contributed by atoms with E-state index in [-0.39, 0.29) is 0 Å². The third-order valence-electron chi connectivity index (χ3n) is 9.08. The molecule has 0 spiro atoms. The van der Waals surface area contributed by atoms with Gasteiger partial charge in [0.05, 0.1) is 11.0 Å². The minimum atomic E-state index is 0.878. The van der Waals surface area contributed by atoms with E-state index in [1.54, 1.807) is 0 Å². The van der Waals surface area contributed by atoms with Gasteiger partial charge >= 0.3 is 0 Å². The normalized spacial score (nSPS) is 11.9. The van der Waals surface area contributed by atoms with Crippen LogP contribution in [0.25, 0.3) is 82.8 Å². The van der Waals surface area contributed by atoms with Gasteiger partial charge in [0.15, 0.2) is 0 Å². The maximum absolute atomic E-state index is 4.89. The van der Waals surface area contributed by atoms with Crippen molar-refractivity contribution in [1.82, 2.24) is 9.55 Å². The highest BCUT2D eigenvalue weighted by molar-refractivity contribution is 6.18. The second-order valence-electron chi connectivity index (χ2n) is 11.5. The summed E-state index contributed by atoms with van der Waals surface area (Å²) in [6, 6.07) is 51.0. The molecule has 0 radical (unpaired) electrons. The largest absolute Gasteiger partial charge is 0.296 e. The molecule has 0 amide bonds. The maximum Gasteiger partial charge on any atom is 0.114 e. The second kappa shape index (κ2) is 9.27. The van der Waals surface area contributed by atoms with Crippen LogP contribution in [-0.2, 0) is 6.42 Å². The van der Waals surface area contributed by atoms with E-state index in [2.05, 4.69) is 151 Å². The van der Waals surface area contributed by atoms with Crippen molar-refractivity contribution in [2.45, 2.75) is 13.3 Å². The molecule has 0 saturated carbocycles. The number of rotatable bonds is 4. The zero-order chi connectivity index (χ0) is 28.5. The Bertz CT molecular complexity index is 2360. The fourth-order valence-electron chi connectivity index (χ4n) is 7.08. The number of aromatic nitrogens is 2. The average molecular weight is 549 g/mol. The molecular formula is C41H28N2. The Morgan fingerprint density at radius 2 is 1.16 bits per heavy atom. The standard InChI is InChI=1S/C41H28N2/c1-2-40-42-38-15-5-6-16-39(38)43(40)31-10-7-9-26(25-31)27-17-18-29-24-30(20-19-28(29)23-27)32-21-22-37-34-12-4-3-11-33(34)36-14-8-13-35(32)41(36)37/h3-25H,2H2,1H3. The van der Waals surface area contributed by atoms with Gasteiger partial charge in [-0.25, -0.2) is 4.98 Å². The predicted molar refractivity (Wildman–Crippen MR) is 181 cm³/mol. The molecular weight excluding hydrogens is 520 g/mol. The Morgan fingerprint density at radius 3 is 2.00 bits per heavy atom. The molecule has 8 aromatic rings. The van der Waals surface area contributed by atoms with Gasteiger partial charge in [-0.3, -0.25) is 4.57 Å². The Morgan fingerprint density at radius 1 is 0.512 bits per heavy atom. The molecule has 9 rings (SSSR count). The first-order chi connectivity index (χ1) is 21.3. The summed E-state index contributed by atoms with van der Waals surface area (Å²) in [6.45, 7) is 2.17. The quantitative estimate of drug-likeness (QED) is 0.214. The number of benzene rings is 7. The smallest absolute Gasteiger partial charge is 0.114 e. The van der Waals surface area contributed by atoms with Gasteiger partial charge < -0.3 is 0 Å². The van der Waals surface area contributed by atoms with E-state index in [4.69, 9.17) is 4.98 Å². The highest BCUT2D eigenvalue weighted by Gasteiger charge is 2.22. The van der Waals surface area contributed by atoms with Crippen LogP contribution in [0, 0.1) is 0 Å². The molecule has 0 bridgehead atoms. The molecule has 0 aliphatic heterocycles. The van der Waals surface area contributed by atoms with E-state index in [0.717, 1.165) is 29.0 Å². The van der Waals surface area contributed by atoms with Crippen molar-refractivity contribution >= 4 is 32.6 Å². The molecule has 7 aromatic carbocycles. The predicted octanol–water partition coefficient (Wildman–Crippen LogP) is 10.9. The van der Waals surface area contributed by atoms with Crippen LogP contribution in [0.5, 0.6) is 0 Å². The first-order valence-electron chi connectivity index (χ1n) is 15.0. The minimum Gasteiger partial charge on any atom is -0.296 e. The summed E-state index contributed by atoms with van der Waals surface area (Å²) in [5, 5.41) is 5.18. The van der Waals surface area contributed by atoms with Gasteiger partial charge in [0.2, 0.25) is 0 Å². The molecule has 1 aliphatic carbocycles. The molecule has 0 atom stereocenters. The molecule has 0 saturated heterocycles. The van der Waals surface area contributed by atoms with Crippen molar-refractivity contribution in [2.24, 2.45) is 0 Å². The molecule has 0 N–H and O–H groups in total. The fourth-order valence-corrected chi connectivity index (χ4v) is 7.08. The average Bonchev–Trinajstić information content (AvgIpc) is 3.61. The third kappa shape index (κ3) is 3.63. The molecule has 2 nitrogen and oxygen atoms in total. The second-order valence-corrected chi connectivity index (χ2v) is 11.5. The molecule has 43 heavy (non-hydrogen) atoms. The van der Waals surface area contributed by atoms with Gasteiger partial charge in [0, 0.05) is 12.1 Å². The van der Waals surface area contributed by atoms with Crippen molar-refractivity contribution in [1.29, 1.82) is 0 Å². The lowest BCUT2D eigenvalue weighted by Crippen LogP contribution is -2.00. The van der Waals surface area contributed by atoms with Gasteiger partial charge in [-0.15, -0.1) is 0 Å². The van der Waals surface area contributed by atoms with Crippen LogP contribution in [-0.4, -0.2) is 9.55 Å². The molecule has 1 heterocycles. The lowest BCUT2D eigenvalue weighted by Gasteiger charge is -2.12. The lowest BCUT2D eigenvalue weighted by molar-refractivity contribution is 0.908. The highest BCUT2D eigenvalue weighted by atomic mass is 15.1. The molecule has 0 fully saturated rings. The molecule has 1 aromatic heterocycles. The van der Waals surface area contributed by atoms with Crippen LogP contribution in [0.4, 0.5) is 0 Å². The maximum atomic E-state index is 4.89. The van der Waals surface area contributed by atoms with Gasteiger partial charge in [-0.2, -0.15) is 0 Å². The summed E-state index contributed by atoms with van der Waals surface area (Å²) >= 11 is 0. The summed E-state index contributed by atoms with van der Waals surface area (Å²) in [5.74, 6) is 1.08. The van der Waals surface area contributed by atoms with E-state index >= 15 is 0 Å². The van der Waals surface area contributed by atoms with E-state index in [9.17, 15) is 0 Å². The minimum absolute atomic E-state index is 0.878. The summed E-state index contributed by atoms with van der Waals surface area (Å²) < 4.78 is 2.29. The summed E-state index contributed by atoms with van der Waals surface area (Å²) in [4.78, 5) is 4.89. The van der Waals surface area contributed by atoms with E-state index in [1.807, 2.05) is 0 Å². The number of aryl methyl sites for hydroxylation is 1. The zero-order valence-corrected chi connectivity index (χ0v) is 23.9. The van der Waals surface area contributed by atoms with Crippen molar-refractivity contribution in [3.63, 3.8) is 0 Å². The Labute approximate surface area is 250 Å². The van der Waals surface area contributed by atoms with Crippen LogP contribution in [0.15, 0.2) is 140 Å². The lowest BCUT2D eigenvalue weighted by atomic mass is 9.92. The monoisotopic (exact) mass is 548 g/mol. The molecule has 2 heteroatoms. The zero-order valence-electron chi connectivity index (χ0n) is 23.9. The van der Waals surface area contributed by atoms with Crippen molar-refractivity contribution in [2.75, 3.05) is 0 Å². The Hall–Kier alpha value is -5.47. The SMILES string of the molecule is CCc1nc2ccccc2n1-c1cccc(-c2ccc3cc(-c4ccc5c6c(cccc46)-c4ccccc4-5)ccc3c2)c1. The summed E-state index contributed by atoms with van der Waals surface area (Å²) in [7, 11) is 0. The van der Waals surface area contributed by atoms with Gasteiger partial charge in [-0.1, -0.05) is 110 Å². The fraction of sp³-hybridized carbons (Fsp3) is 0.0488. The van der Waals surface area contributed by atoms with Crippen LogP contribution >= 0.6 is 0 Å². The number of nitrogens with zero attached hydrogens (tertiary/aromatic N) is 2. The molecule has 0 unspecified atom stereocenters. The Kier molecular flexibility index (Phi) is 5.21. The van der Waals surface area contributed by atoms with Gasteiger partial charge in [0.1, 0.15) is 5.82 Å². The van der Waals surface area contributed by atoms with Gasteiger partial charge in [0.25, 0.3) is 0 Å². The van der Waals surface area contributed by atoms with Crippen LogP contribution in [0.1, 0.15) is 12.7 Å². The number of fused-ring (bicyclic) bond motifs is 5. The van der Waals surface area contributed by atoms with Gasteiger partial charge in [-0.05, 0) is 102 Å². The Balaban J connectivity index is 1.12. The topological polar surface area (TPSA) is 17.8 Å². The summed E-state index contributed by atoms with van der Waals surface area (Å²) in [5.41, 5.74) is 13.6. The molecule has 202 valence electrons. The van der Waals surface area contributed by atoms with E-state index in [1.165, 1.54) is 66.1 Å². The number of hydrogen-bond acceptors (Lipinski definition) is 1. The van der Waals surface area contributed by atoms with Crippen LogP contribution in [0.3, 0.4) is 0 Å². The van der Waals surface area contributed by atoms with Crippen molar-refractivity contribution in [3.8, 4) is 50.2 Å². The third-order valence-corrected chi connectivity index (χ3v) is 9.08. The van der Waals surface area contributed by atoms with Crippen LogP contribution in [0.2, 0.25) is 0 Å². The number of hydrogen-bond donors (Lipinski definition) is 0.